The topological polar surface area (TPSA) is 94.9 Å². The molecule has 0 amide bonds. The molecule has 0 bridgehead atoms. The van der Waals surface area contributed by atoms with Gasteiger partial charge in [0.25, 0.3) is 0 Å². The smallest absolute Gasteiger partial charge is 0.328 e. The Bertz CT molecular complexity index is 655. The predicted molar refractivity (Wildman–Crippen MR) is 79.6 cm³/mol. The molecule has 6 nitrogen and oxygen atoms in total. The quantitative estimate of drug-likeness (QED) is 0.768. The lowest BCUT2D eigenvalue weighted by Crippen LogP contribution is -2.33. The zero-order chi connectivity index (χ0) is 16.2. The summed E-state index contributed by atoms with van der Waals surface area (Å²) in [5.74, 6) is -1.11. The molecule has 0 heterocycles. The Morgan fingerprint density at radius 3 is 2.57 bits per heavy atom. The number of hydrogen-bond acceptors (Lipinski definition) is 4. The van der Waals surface area contributed by atoms with Gasteiger partial charge >= 0.3 is 5.97 Å². The predicted octanol–water partition coefficient (Wildman–Crippen LogP) is 1.44. The van der Waals surface area contributed by atoms with Crippen molar-refractivity contribution in [2.75, 3.05) is 13.6 Å². The SMILES string of the molecule is CC(O)CN(C)S(=O)(=O)c1ccc(C=CC(=O)O)cc1Cl. The van der Waals surface area contributed by atoms with Crippen molar-refractivity contribution in [3.8, 4) is 0 Å². The molecule has 8 heteroatoms. The number of aliphatic hydroxyl groups is 1. The highest BCUT2D eigenvalue weighted by Gasteiger charge is 2.24. The Kier molecular flexibility index (Phi) is 5.91. The molecule has 2 N–H and O–H groups in total. The number of aliphatic carboxylic acids is 1. The summed E-state index contributed by atoms with van der Waals surface area (Å²) in [7, 11) is -2.47. The number of sulfonamides is 1. The molecule has 1 aromatic rings. The summed E-state index contributed by atoms with van der Waals surface area (Å²) >= 11 is 5.96. The summed E-state index contributed by atoms with van der Waals surface area (Å²) in [5, 5.41) is 17.8. The number of benzene rings is 1. The lowest BCUT2D eigenvalue weighted by atomic mass is 10.2. The van der Waals surface area contributed by atoms with Gasteiger partial charge in [0.05, 0.1) is 11.1 Å². The van der Waals surface area contributed by atoms with Crippen LogP contribution in [-0.4, -0.2) is 48.6 Å². The van der Waals surface area contributed by atoms with Crippen LogP contribution in [0.25, 0.3) is 6.08 Å². The van der Waals surface area contributed by atoms with Crippen LogP contribution in [0.5, 0.6) is 0 Å². The second-order valence-electron chi connectivity index (χ2n) is 4.50. The lowest BCUT2D eigenvalue weighted by Gasteiger charge is -2.19. The van der Waals surface area contributed by atoms with Crippen LogP contribution in [0.2, 0.25) is 5.02 Å². The van der Waals surface area contributed by atoms with Crippen LogP contribution >= 0.6 is 11.6 Å². The number of aliphatic hydroxyl groups excluding tert-OH is 1. The monoisotopic (exact) mass is 333 g/mol. The Morgan fingerprint density at radius 2 is 2.10 bits per heavy atom. The summed E-state index contributed by atoms with van der Waals surface area (Å²) in [4.78, 5) is 10.3. The third-order valence-corrected chi connectivity index (χ3v) is 4.89. The van der Waals surface area contributed by atoms with Crippen LogP contribution in [0.1, 0.15) is 12.5 Å². The van der Waals surface area contributed by atoms with Gasteiger partial charge in [0.15, 0.2) is 0 Å². The number of carbonyl (C=O) groups is 1. The number of carboxylic acid groups (broad SMARTS) is 1. The van der Waals surface area contributed by atoms with Crippen LogP contribution in [0, 0.1) is 0 Å². The first-order chi connectivity index (χ1) is 9.64. The second kappa shape index (κ2) is 7.04. The average molecular weight is 334 g/mol. The van der Waals surface area contributed by atoms with Gasteiger partial charge in [-0.25, -0.2) is 13.2 Å². The number of carboxylic acids is 1. The molecule has 0 saturated heterocycles. The largest absolute Gasteiger partial charge is 0.478 e. The minimum atomic E-state index is -3.81. The van der Waals surface area contributed by atoms with E-state index < -0.39 is 22.1 Å². The van der Waals surface area contributed by atoms with E-state index in [1.165, 1.54) is 38.2 Å². The zero-order valence-corrected chi connectivity index (χ0v) is 13.1. The maximum atomic E-state index is 12.3. The Balaban J connectivity index is 3.12. The van der Waals surface area contributed by atoms with E-state index in [-0.39, 0.29) is 16.5 Å². The van der Waals surface area contributed by atoms with Gasteiger partial charge in [0, 0.05) is 19.7 Å². The Labute approximate surface area is 128 Å². The zero-order valence-electron chi connectivity index (χ0n) is 11.5. The molecule has 1 unspecified atom stereocenters. The second-order valence-corrected chi connectivity index (χ2v) is 6.92. The number of nitrogens with zero attached hydrogens (tertiary/aromatic N) is 1. The number of hydrogen-bond donors (Lipinski definition) is 2. The lowest BCUT2D eigenvalue weighted by molar-refractivity contribution is -0.131. The van der Waals surface area contributed by atoms with E-state index in [2.05, 4.69) is 0 Å². The van der Waals surface area contributed by atoms with Gasteiger partial charge in [-0.1, -0.05) is 17.7 Å². The van der Waals surface area contributed by atoms with E-state index in [0.717, 1.165) is 10.4 Å². The summed E-state index contributed by atoms with van der Waals surface area (Å²) in [6, 6.07) is 4.12. The Morgan fingerprint density at radius 1 is 1.48 bits per heavy atom. The molecule has 0 aromatic heterocycles. The minimum absolute atomic E-state index is 0.0139. The summed E-state index contributed by atoms with van der Waals surface area (Å²) < 4.78 is 25.6. The highest BCUT2D eigenvalue weighted by molar-refractivity contribution is 7.89. The Hall–Kier alpha value is -1.41. The maximum Gasteiger partial charge on any atom is 0.328 e. The normalized spacial score (nSPS) is 13.8. The first-order valence-corrected chi connectivity index (χ1v) is 7.81. The molecule has 1 atom stereocenters. The van der Waals surface area contributed by atoms with E-state index in [4.69, 9.17) is 16.7 Å². The van der Waals surface area contributed by atoms with Crippen molar-refractivity contribution in [1.82, 2.24) is 4.31 Å². The van der Waals surface area contributed by atoms with Crippen molar-refractivity contribution >= 4 is 33.7 Å². The van der Waals surface area contributed by atoms with Crippen LogP contribution in [-0.2, 0) is 14.8 Å². The molecule has 116 valence electrons. The molecule has 21 heavy (non-hydrogen) atoms. The highest BCUT2D eigenvalue weighted by Crippen LogP contribution is 2.25. The molecular weight excluding hydrogens is 318 g/mol. The van der Waals surface area contributed by atoms with Gasteiger partial charge in [0.2, 0.25) is 10.0 Å². The van der Waals surface area contributed by atoms with Crippen LogP contribution < -0.4 is 0 Å². The molecule has 0 aliphatic carbocycles. The molecule has 0 spiro atoms. The number of likely N-dealkylation sites (N-methyl/N-ethyl adjacent to an activating group) is 1. The van der Waals surface area contributed by atoms with Crippen LogP contribution in [0.4, 0.5) is 0 Å². The van der Waals surface area contributed by atoms with Gasteiger partial charge < -0.3 is 10.2 Å². The van der Waals surface area contributed by atoms with E-state index in [1.807, 2.05) is 0 Å². The first-order valence-electron chi connectivity index (χ1n) is 5.99. The van der Waals surface area contributed by atoms with Crippen molar-refractivity contribution in [1.29, 1.82) is 0 Å². The molecule has 1 aromatic carbocycles. The van der Waals surface area contributed by atoms with Crippen molar-refractivity contribution in [2.45, 2.75) is 17.9 Å². The first kappa shape index (κ1) is 17.6. The average Bonchev–Trinajstić information content (AvgIpc) is 2.35. The van der Waals surface area contributed by atoms with Gasteiger partial charge in [-0.05, 0) is 30.7 Å². The fourth-order valence-corrected chi connectivity index (χ4v) is 3.41. The van der Waals surface area contributed by atoms with E-state index in [9.17, 15) is 18.3 Å². The van der Waals surface area contributed by atoms with Crippen LogP contribution in [0.15, 0.2) is 29.2 Å². The molecule has 1 rings (SSSR count). The molecule has 0 aliphatic rings. The van der Waals surface area contributed by atoms with Gasteiger partial charge in [-0.15, -0.1) is 0 Å². The minimum Gasteiger partial charge on any atom is -0.478 e. The molecular formula is C13H16ClNO5S. The molecule has 0 aliphatic heterocycles. The summed E-state index contributed by atoms with van der Waals surface area (Å²) in [6.45, 7) is 1.42. The van der Waals surface area contributed by atoms with E-state index in [0.29, 0.717) is 5.56 Å². The van der Waals surface area contributed by atoms with E-state index >= 15 is 0 Å². The third-order valence-electron chi connectivity index (χ3n) is 2.58. The van der Waals surface area contributed by atoms with Crippen LogP contribution in [0.3, 0.4) is 0 Å². The standard InChI is InChI=1S/C13H16ClNO5S/c1-9(16)8-15(2)21(19,20)12-5-3-10(7-11(12)14)4-6-13(17)18/h3-7,9,16H,8H2,1-2H3,(H,17,18). The van der Waals surface area contributed by atoms with E-state index in [1.54, 1.807) is 0 Å². The highest BCUT2D eigenvalue weighted by atomic mass is 35.5. The van der Waals surface area contributed by atoms with Crippen molar-refractivity contribution in [3.05, 3.63) is 34.9 Å². The molecule has 0 radical (unpaired) electrons. The van der Waals surface area contributed by atoms with Crippen molar-refractivity contribution in [2.24, 2.45) is 0 Å². The number of rotatable bonds is 6. The van der Waals surface area contributed by atoms with Gasteiger partial charge in [-0.2, -0.15) is 4.31 Å². The third kappa shape index (κ3) is 4.82. The molecule has 0 fully saturated rings. The molecule has 0 saturated carbocycles. The van der Waals surface area contributed by atoms with Crippen molar-refractivity contribution < 1.29 is 23.4 Å². The van der Waals surface area contributed by atoms with Gasteiger partial charge in [0.1, 0.15) is 4.90 Å². The maximum absolute atomic E-state index is 12.3. The van der Waals surface area contributed by atoms with Crippen molar-refractivity contribution in [3.63, 3.8) is 0 Å². The number of halogens is 1. The summed E-state index contributed by atoms with van der Waals surface area (Å²) in [6.07, 6.45) is 1.44. The fourth-order valence-electron chi connectivity index (χ4n) is 1.64. The fraction of sp³-hybridized carbons (Fsp3) is 0.308. The summed E-state index contributed by atoms with van der Waals surface area (Å²) in [5.41, 5.74) is 0.472. The van der Waals surface area contributed by atoms with Gasteiger partial charge in [-0.3, -0.25) is 0 Å².